The van der Waals surface area contributed by atoms with E-state index < -0.39 is 11.9 Å². The zero-order valence-corrected chi connectivity index (χ0v) is 13.5. The lowest BCUT2D eigenvalue weighted by Crippen LogP contribution is -2.45. The van der Waals surface area contributed by atoms with Gasteiger partial charge in [-0.15, -0.1) is 0 Å². The van der Waals surface area contributed by atoms with Gasteiger partial charge in [0.05, 0.1) is 6.61 Å². The molecule has 0 aliphatic heterocycles. The number of ether oxygens (including phenoxy) is 2. The van der Waals surface area contributed by atoms with Crippen LogP contribution in [-0.4, -0.2) is 24.1 Å². The number of rotatable bonds is 5. The summed E-state index contributed by atoms with van der Waals surface area (Å²) in [6.07, 6.45) is 6.25. The standard InChI is InChI=1S/C17H28O4/c1-4-17(21-16(19)9-15(18)20-5-2)10-13-6-12(3)7-14(8-13)11-17/h12-14H,4-11H2,1-3H3. The van der Waals surface area contributed by atoms with Gasteiger partial charge in [0.15, 0.2) is 0 Å². The second-order valence-corrected chi connectivity index (χ2v) is 6.95. The van der Waals surface area contributed by atoms with Crippen LogP contribution in [0.3, 0.4) is 0 Å². The molecule has 0 amide bonds. The Kier molecular flexibility index (Phi) is 5.28. The molecule has 2 bridgehead atoms. The van der Waals surface area contributed by atoms with Crippen molar-refractivity contribution in [1.82, 2.24) is 0 Å². The van der Waals surface area contributed by atoms with Gasteiger partial charge in [-0.25, -0.2) is 0 Å². The SMILES string of the molecule is CCOC(=O)CC(=O)OC1(CC)CC2CC(C)CC(C2)C1. The summed E-state index contributed by atoms with van der Waals surface area (Å²) in [6.45, 7) is 6.44. The highest BCUT2D eigenvalue weighted by atomic mass is 16.6. The first-order valence-corrected chi connectivity index (χ1v) is 8.33. The molecule has 0 N–H and O–H groups in total. The van der Waals surface area contributed by atoms with Crippen LogP contribution in [0.25, 0.3) is 0 Å². The van der Waals surface area contributed by atoms with Crippen molar-refractivity contribution in [1.29, 1.82) is 0 Å². The molecular formula is C17H28O4. The van der Waals surface area contributed by atoms with E-state index in [0.717, 1.165) is 25.2 Å². The van der Waals surface area contributed by atoms with Gasteiger partial charge < -0.3 is 9.47 Å². The second-order valence-electron chi connectivity index (χ2n) is 6.95. The molecule has 2 rings (SSSR count). The van der Waals surface area contributed by atoms with E-state index in [9.17, 15) is 9.59 Å². The molecule has 0 aromatic heterocycles. The zero-order chi connectivity index (χ0) is 15.5. The Morgan fingerprint density at radius 2 is 1.67 bits per heavy atom. The molecule has 2 unspecified atom stereocenters. The first-order chi connectivity index (χ1) is 9.96. The van der Waals surface area contributed by atoms with Crippen LogP contribution < -0.4 is 0 Å². The van der Waals surface area contributed by atoms with Crippen LogP contribution in [0.5, 0.6) is 0 Å². The van der Waals surface area contributed by atoms with E-state index in [1.165, 1.54) is 19.3 Å². The predicted molar refractivity (Wildman–Crippen MR) is 79.6 cm³/mol. The minimum Gasteiger partial charge on any atom is -0.466 e. The number of hydrogen-bond acceptors (Lipinski definition) is 4. The number of carbonyl (C=O) groups excluding carboxylic acids is 2. The molecule has 0 saturated heterocycles. The number of esters is 2. The Morgan fingerprint density at radius 1 is 1.05 bits per heavy atom. The fraction of sp³-hybridized carbons (Fsp3) is 0.882. The Bertz CT molecular complexity index is 372. The van der Waals surface area contributed by atoms with Crippen molar-refractivity contribution in [3.05, 3.63) is 0 Å². The molecule has 2 atom stereocenters. The average Bonchev–Trinajstić information content (AvgIpc) is 2.36. The van der Waals surface area contributed by atoms with Crippen LogP contribution in [0.15, 0.2) is 0 Å². The smallest absolute Gasteiger partial charge is 0.317 e. The molecule has 0 heterocycles. The normalized spacial score (nSPS) is 35.1. The van der Waals surface area contributed by atoms with Gasteiger partial charge in [-0.05, 0) is 63.2 Å². The lowest BCUT2D eigenvalue weighted by molar-refractivity contribution is -0.174. The van der Waals surface area contributed by atoms with Crippen LogP contribution in [0, 0.1) is 17.8 Å². The van der Waals surface area contributed by atoms with Crippen molar-refractivity contribution in [2.45, 2.75) is 71.3 Å². The highest BCUT2D eigenvalue weighted by Crippen LogP contribution is 2.49. The van der Waals surface area contributed by atoms with E-state index in [1.807, 2.05) is 0 Å². The maximum absolute atomic E-state index is 12.0. The number of hydrogen-bond donors (Lipinski definition) is 0. The van der Waals surface area contributed by atoms with Crippen molar-refractivity contribution in [2.75, 3.05) is 6.61 Å². The largest absolute Gasteiger partial charge is 0.466 e. The summed E-state index contributed by atoms with van der Waals surface area (Å²) in [7, 11) is 0. The monoisotopic (exact) mass is 296 g/mol. The fourth-order valence-electron chi connectivity index (χ4n) is 4.42. The first kappa shape index (κ1) is 16.3. The van der Waals surface area contributed by atoms with Crippen molar-refractivity contribution >= 4 is 11.9 Å². The van der Waals surface area contributed by atoms with Crippen LogP contribution in [-0.2, 0) is 19.1 Å². The molecule has 0 aromatic carbocycles. The molecule has 120 valence electrons. The summed E-state index contributed by atoms with van der Waals surface area (Å²) in [6, 6.07) is 0. The molecule has 2 fully saturated rings. The van der Waals surface area contributed by atoms with Crippen molar-refractivity contribution in [3.8, 4) is 0 Å². The topological polar surface area (TPSA) is 52.6 Å². The molecular weight excluding hydrogens is 268 g/mol. The lowest BCUT2D eigenvalue weighted by Gasteiger charge is -2.47. The van der Waals surface area contributed by atoms with E-state index in [0.29, 0.717) is 18.4 Å². The minimum atomic E-state index is -0.488. The Hall–Kier alpha value is -1.06. The molecule has 0 radical (unpaired) electrons. The van der Waals surface area contributed by atoms with Crippen molar-refractivity contribution < 1.29 is 19.1 Å². The molecule has 2 aliphatic rings. The predicted octanol–water partition coefficient (Wildman–Crippen LogP) is 3.48. The van der Waals surface area contributed by atoms with Gasteiger partial charge >= 0.3 is 11.9 Å². The first-order valence-electron chi connectivity index (χ1n) is 8.33. The highest BCUT2D eigenvalue weighted by Gasteiger charge is 2.45. The third kappa shape index (κ3) is 4.21. The molecule has 2 aliphatic carbocycles. The number of fused-ring (bicyclic) bond motifs is 2. The lowest BCUT2D eigenvalue weighted by atomic mass is 9.62. The second kappa shape index (κ2) is 6.80. The van der Waals surface area contributed by atoms with Crippen molar-refractivity contribution in [3.63, 3.8) is 0 Å². The third-order valence-electron chi connectivity index (χ3n) is 5.03. The van der Waals surface area contributed by atoms with E-state index in [2.05, 4.69) is 13.8 Å². The van der Waals surface area contributed by atoms with Crippen molar-refractivity contribution in [2.24, 2.45) is 17.8 Å². The van der Waals surface area contributed by atoms with Crippen LogP contribution >= 0.6 is 0 Å². The van der Waals surface area contributed by atoms with E-state index in [4.69, 9.17) is 9.47 Å². The quantitative estimate of drug-likeness (QED) is 0.576. The van der Waals surface area contributed by atoms with E-state index in [-0.39, 0.29) is 12.0 Å². The molecule has 21 heavy (non-hydrogen) atoms. The van der Waals surface area contributed by atoms with Gasteiger partial charge in [0.25, 0.3) is 0 Å². The summed E-state index contributed by atoms with van der Waals surface area (Å²) < 4.78 is 10.6. The Labute approximate surface area is 127 Å². The summed E-state index contributed by atoms with van der Waals surface area (Å²) >= 11 is 0. The summed E-state index contributed by atoms with van der Waals surface area (Å²) in [4.78, 5) is 23.4. The number of carbonyl (C=O) groups is 2. The average molecular weight is 296 g/mol. The summed E-state index contributed by atoms with van der Waals surface area (Å²) in [5.41, 5.74) is -0.350. The molecule has 2 saturated carbocycles. The zero-order valence-electron chi connectivity index (χ0n) is 13.5. The molecule has 0 spiro atoms. The third-order valence-corrected chi connectivity index (χ3v) is 5.03. The van der Waals surface area contributed by atoms with Gasteiger partial charge in [-0.1, -0.05) is 13.8 Å². The Balaban J connectivity index is 1.95. The minimum absolute atomic E-state index is 0.263. The van der Waals surface area contributed by atoms with E-state index >= 15 is 0 Å². The fourth-order valence-corrected chi connectivity index (χ4v) is 4.42. The van der Waals surface area contributed by atoms with Gasteiger partial charge in [-0.2, -0.15) is 0 Å². The molecule has 0 aromatic rings. The van der Waals surface area contributed by atoms with Crippen LogP contribution in [0.4, 0.5) is 0 Å². The Morgan fingerprint density at radius 3 is 2.19 bits per heavy atom. The summed E-state index contributed by atoms with van der Waals surface area (Å²) in [5.74, 6) is 1.21. The maximum Gasteiger partial charge on any atom is 0.317 e. The van der Waals surface area contributed by atoms with Gasteiger partial charge in [0.2, 0.25) is 0 Å². The molecule has 4 nitrogen and oxygen atoms in total. The highest BCUT2D eigenvalue weighted by molar-refractivity contribution is 5.91. The van der Waals surface area contributed by atoms with Crippen LogP contribution in [0.1, 0.15) is 65.7 Å². The molecule has 4 heteroatoms. The van der Waals surface area contributed by atoms with Gasteiger partial charge in [-0.3, -0.25) is 9.59 Å². The van der Waals surface area contributed by atoms with E-state index in [1.54, 1.807) is 6.92 Å². The van der Waals surface area contributed by atoms with Crippen LogP contribution in [0.2, 0.25) is 0 Å². The maximum atomic E-state index is 12.0. The van der Waals surface area contributed by atoms with Gasteiger partial charge in [0.1, 0.15) is 12.0 Å². The van der Waals surface area contributed by atoms with Gasteiger partial charge in [0, 0.05) is 0 Å². The summed E-state index contributed by atoms with van der Waals surface area (Å²) in [5, 5.41) is 0.